The van der Waals surface area contributed by atoms with Gasteiger partial charge in [-0.25, -0.2) is 15.0 Å². The van der Waals surface area contributed by atoms with E-state index in [0.29, 0.717) is 42.2 Å². The maximum atomic E-state index is 13.2. The van der Waals surface area contributed by atoms with Crippen molar-refractivity contribution in [3.8, 4) is 5.75 Å². The molecule has 196 valence electrons. The zero-order valence-electron chi connectivity index (χ0n) is 20.7. The molecule has 9 nitrogen and oxygen atoms in total. The van der Waals surface area contributed by atoms with Gasteiger partial charge in [0.15, 0.2) is 5.78 Å². The van der Waals surface area contributed by atoms with Gasteiger partial charge in [-0.3, -0.25) is 4.79 Å². The molecule has 0 amide bonds. The predicted octanol–water partition coefficient (Wildman–Crippen LogP) is 3.76. The average molecular weight is 578 g/mol. The van der Waals surface area contributed by atoms with E-state index in [2.05, 4.69) is 36.2 Å². The molecule has 0 unspecified atom stereocenters. The minimum atomic E-state index is -1.01. The number of fused-ring (bicyclic) bond motifs is 1. The van der Waals surface area contributed by atoms with E-state index in [4.69, 9.17) is 10.5 Å². The number of aromatic nitrogens is 3. The van der Waals surface area contributed by atoms with Gasteiger partial charge in [0, 0.05) is 17.1 Å². The van der Waals surface area contributed by atoms with E-state index in [9.17, 15) is 15.0 Å². The molecule has 0 spiro atoms. The number of nitrogens with two attached hydrogens (primary N) is 1. The average Bonchev–Trinajstić information content (AvgIpc) is 3.20. The summed E-state index contributed by atoms with van der Waals surface area (Å²) in [6, 6.07) is 14.4. The van der Waals surface area contributed by atoms with Crippen molar-refractivity contribution in [2.24, 2.45) is 5.92 Å². The van der Waals surface area contributed by atoms with Crippen LogP contribution in [-0.4, -0.2) is 56.3 Å². The zero-order chi connectivity index (χ0) is 26.8. The number of anilines is 2. The number of hydrogen-bond acceptors (Lipinski definition) is 9. The number of aliphatic hydroxyl groups excluding tert-OH is 2. The Balaban J connectivity index is 1.28. The number of rotatable bonds is 8. The van der Waals surface area contributed by atoms with E-state index in [1.807, 2.05) is 24.3 Å². The van der Waals surface area contributed by atoms with E-state index >= 15 is 0 Å². The van der Waals surface area contributed by atoms with Crippen LogP contribution < -0.4 is 15.8 Å². The summed E-state index contributed by atoms with van der Waals surface area (Å²) >= 11 is 3.41. The second kappa shape index (κ2) is 11.0. The number of carbonyl (C=O) groups excluding carboxylic acids is 1. The van der Waals surface area contributed by atoms with E-state index < -0.39 is 18.2 Å². The van der Waals surface area contributed by atoms with Crippen LogP contribution in [-0.2, 0) is 6.42 Å². The highest BCUT2D eigenvalue weighted by atomic mass is 79.9. The molecule has 5 rings (SSSR count). The number of methoxy groups -OCH3 is 1. The van der Waals surface area contributed by atoms with Gasteiger partial charge >= 0.3 is 0 Å². The molecule has 0 radical (unpaired) electrons. The first-order valence-corrected chi connectivity index (χ1v) is 13.1. The Bertz CT molecular complexity index is 1480. The highest BCUT2D eigenvalue weighted by Crippen LogP contribution is 2.33. The minimum Gasteiger partial charge on any atom is -0.497 e. The highest BCUT2D eigenvalue weighted by molar-refractivity contribution is 9.10. The smallest absolute Gasteiger partial charge is 0.198 e. The van der Waals surface area contributed by atoms with Crippen molar-refractivity contribution in [3.63, 3.8) is 0 Å². The van der Waals surface area contributed by atoms with Gasteiger partial charge in [-0.1, -0.05) is 24.3 Å². The van der Waals surface area contributed by atoms with Crippen LogP contribution in [0.3, 0.4) is 0 Å². The van der Waals surface area contributed by atoms with Crippen LogP contribution in [0.2, 0.25) is 0 Å². The Morgan fingerprint density at radius 1 is 1.18 bits per heavy atom. The molecule has 1 saturated carbocycles. The summed E-state index contributed by atoms with van der Waals surface area (Å²) in [4.78, 5) is 25.9. The molecule has 0 saturated heterocycles. The summed E-state index contributed by atoms with van der Waals surface area (Å²) in [5, 5.41) is 25.8. The number of carbonyl (C=O) groups is 1. The normalized spacial score (nSPS) is 20.9. The van der Waals surface area contributed by atoms with Gasteiger partial charge in [0.2, 0.25) is 0 Å². The minimum absolute atomic E-state index is 0.138. The third kappa shape index (κ3) is 5.33. The zero-order valence-corrected chi connectivity index (χ0v) is 22.3. The lowest BCUT2D eigenvalue weighted by atomic mass is 9.95. The molecule has 4 atom stereocenters. The molecule has 1 aliphatic rings. The first kappa shape index (κ1) is 26.0. The van der Waals surface area contributed by atoms with E-state index in [1.54, 1.807) is 24.3 Å². The van der Waals surface area contributed by atoms with Gasteiger partial charge in [0.1, 0.15) is 29.8 Å². The Kier molecular flexibility index (Phi) is 7.55. The Morgan fingerprint density at radius 2 is 2.03 bits per heavy atom. The van der Waals surface area contributed by atoms with Crippen LogP contribution in [0.4, 0.5) is 11.6 Å². The monoisotopic (exact) mass is 577 g/mol. The fraction of sp³-hybridized carbons (Fsp3) is 0.286. The number of ether oxygens (including phenoxy) is 1. The fourth-order valence-electron chi connectivity index (χ4n) is 4.97. The van der Waals surface area contributed by atoms with Gasteiger partial charge in [0.05, 0.1) is 34.8 Å². The summed E-state index contributed by atoms with van der Waals surface area (Å²) in [6.07, 6.45) is 2.78. The lowest BCUT2D eigenvalue weighted by molar-refractivity contribution is 0.0158. The molecule has 1 fully saturated rings. The number of nitrogens with one attached hydrogen (secondary N) is 1. The number of hydrogen-bond donors (Lipinski definition) is 4. The molecule has 0 bridgehead atoms. The number of nitrogens with zero attached hydrogens (tertiary/aromatic N) is 3. The molecule has 2 heterocycles. The standard InChI is InChI=1S/C28H28BrN5O4/c1-38-19-4-2-3-17(10-19)24(35)20-13-31-14-32-28(20)34-23-12-18(25(36)26(23)37)8-6-15-5-7-16-11-21(29)27(30)33-22(16)9-15/h2-5,7,9-11,13-14,18,23,25-26,36-37H,6,8,12H2,1H3,(H2,30,33)(H,31,32,34)/t18-,23+,25+,26-/m0/s1. The molecule has 0 aliphatic heterocycles. The van der Waals surface area contributed by atoms with E-state index in [0.717, 1.165) is 20.9 Å². The second-order valence-electron chi connectivity index (χ2n) is 9.50. The summed E-state index contributed by atoms with van der Waals surface area (Å²) in [5.41, 5.74) is 8.54. The van der Waals surface area contributed by atoms with Crippen molar-refractivity contribution < 1.29 is 19.7 Å². The number of pyridine rings is 1. The second-order valence-corrected chi connectivity index (χ2v) is 10.3. The van der Waals surface area contributed by atoms with Crippen LogP contribution in [0.15, 0.2) is 65.5 Å². The number of nitrogen functional groups attached to an aromatic ring is 1. The molecule has 10 heteroatoms. The fourth-order valence-corrected chi connectivity index (χ4v) is 5.31. The number of aliphatic hydroxyl groups is 2. The SMILES string of the molecule is COc1cccc(C(=O)c2cncnc2N[C@@H]2C[C@H](CCc3ccc4cc(Br)c(N)nc4c3)[C@@H](O)[C@H]2O)c1. The van der Waals surface area contributed by atoms with Crippen LogP contribution >= 0.6 is 15.9 Å². The van der Waals surface area contributed by atoms with Crippen molar-refractivity contribution in [2.75, 3.05) is 18.2 Å². The lowest BCUT2D eigenvalue weighted by Gasteiger charge is -2.19. The lowest BCUT2D eigenvalue weighted by Crippen LogP contribution is -2.35. The quantitative estimate of drug-likeness (QED) is 0.230. The van der Waals surface area contributed by atoms with Crippen molar-refractivity contribution in [3.05, 3.63) is 82.2 Å². The highest BCUT2D eigenvalue weighted by Gasteiger charge is 2.41. The number of ketones is 1. The first-order chi connectivity index (χ1) is 18.3. The summed E-state index contributed by atoms with van der Waals surface area (Å²) in [5.74, 6) is 0.911. The summed E-state index contributed by atoms with van der Waals surface area (Å²) in [6.45, 7) is 0. The summed E-state index contributed by atoms with van der Waals surface area (Å²) < 4.78 is 5.99. The molecule has 38 heavy (non-hydrogen) atoms. The Morgan fingerprint density at radius 3 is 2.84 bits per heavy atom. The molecule has 2 aromatic heterocycles. The van der Waals surface area contributed by atoms with Gasteiger partial charge in [0.25, 0.3) is 0 Å². The largest absolute Gasteiger partial charge is 0.497 e. The first-order valence-electron chi connectivity index (χ1n) is 12.3. The van der Waals surface area contributed by atoms with E-state index in [-0.39, 0.29) is 17.3 Å². The number of benzene rings is 2. The third-order valence-corrected chi connectivity index (χ3v) is 7.71. The van der Waals surface area contributed by atoms with Crippen LogP contribution in [0, 0.1) is 5.92 Å². The molecular formula is C28H28BrN5O4. The maximum absolute atomic E-state index is 13.2. The van der Waals surface area contributed by atoms with Crippen LogP contribution in [0.25, 0.3) is 10.9 Å². The van der Waals surface area contributed by atoms with Crippen molar-refractivity contribution in [1.82, 2.24) is 15.0 Å². The van der Waals surface area contributed by atoms with E-state index in [1.165, 1.54) is 19.6 Å². The molecule has 1 aliphatic carbocycles. The van der Waals surface area contributed by atoms with Gasteiger partial charge in [-0.15, -0.1) is 0 Å². The molecule has 4 aromatic rings. The third-order valence-electron chi connectivity index (χ3n) is 7.08. The molecule has 2 aromatic carbocycles. The van der Waals surface area contributed by atoms with Gasteiger partial charge < -0.3 is 26.0 Å². The van der Waals surface area contributed by atoms with Gasteiger partial charge in [-0.2, -0.15) is 0 Å². The topological polar surface area (TPSA) is 143 Å². The van der Waals surface area contributed by atoms with Crippen molar-refractivity contribution in [1.29, 1.82) is 0 Å². The predicted molar refractivity (Wildman–Crippen MR) is 148 cm³/mol. The van der Waals surface area contributed by atoms with Gasteiger partial charge in [-0.05, 0) is 70.9 Å². The molecule has 5 N–H and O–H groups in total. The maximum Gasteiger partial charge on any atom is 0.198 e. The Hall–Kier alpha value is -3.60. The number of halogens is 1. The number of aryl methyl sites for hydroxylation is 1. The molecular weight excluding hydrogens is 550 g/mol. The van der Waals surface area contributed by atoms with Crippen LogP contribution in [0.5, 0.6) is 5.75 Å². The van der Waals surface area contributed by atoms with Crippen molar-refractivity contribution in [2.45, 2.75) is 37.5 Å². The van der Waals surface area contributed by atoms with Crippen molar-refractivity contribution >= 4 is 44.3 Å². The van der Waals surface area contributed by atoms with Crippen LogP contribution in [0.1, 0.15) is 34.3 Å². The Labute approximate surface area is 228 Å². The summed E-state index contributed by atoms with van der Waals surface area (Å²) in [7, 11) is 1.54.